The van der Waals surface area contributed by atoms with Crippen molar-refractivity contribution in [2.45, 2.75) is 6.61 Å². The Kier molecular flexibility index (Phi) is 3.69. The van der Waals surface area contributed by atoms with Gasteiger partial charge in [0.25, 0.3) is 0 Å². The number of anilines is 1. The molecule has 6 nitrogen and oxygen atoms in total. The highest BCUT2D eigenvalue weighted by Gasteiger charge is 2.17. The molecule has 3 aromatic rings. The number of morpholine rings is 1. The van der Waals surface area contributed by atoms with Crippen LogP contribution < -0.4 is 4.90 Å². The lowest BCUT2D eigenvalue weighted by molar-refractivity contribution is 0.122. The third-order valence-electron chi connectivity index (χ3n) is 4.14. The summed E-state index contributed by atoms with van der Waals surface area (Å²) in [6.07, 6.45) is 3.66. The fraction of sp³-hybridized carbons (Fsp3) is 0.294. The standard InChI is InChI=1S/C17H18N4O2/c22-12-13-2-1-3-14(10-13)15-11-19-21-16(4-5-18-17(15)21)20-6-8-23-9-7-20/h1-5,10-11,22H,6-9,12H2. The molecule has 0 atom stereocenters. The summed E-state index contributed by atoms with van der Waals surface area (Å²) in [5.41, 5.74) is 3.68. The van der Waals surface area contributed by atoms with E-state index >= 15 is 0 Å². The molecule has 0 aliphatic carbocycles. The molecule has 1 aliphatic heterocycles. The molecule has 6 heteroatoms. The molecule has 4 rings (SSSR count). The van der Waals surface area contributed by atoms with Crippen molar-refractivity contribution in [2.75, 3.05) is 31.2 Å². The van der Waals surface area contributed by atoms with Gasteiger partial charge in [0.05, 0.1) is 26.0 Å². The Morgan fingerprint density at radius 2 is 2.04 bits per heavy atom. The second-order valence-corrected chi connectivity index (χ2v) is 5.55. The van der Waals surface area contributed by atoms with Gasteiger partial charge in [0.2, 0.25) is 0 Å². The van der Waals surface area contributed by atoms with E-state index in [4.69, 9.17) is 4.74 Å². The number of aliphatic hydroxyl groups excluding tert-OH is 1. The topological polar surface area (TPSA) is 62.9 Å². The lowest BCUT2D eigenvalue weighted by Gasteiger charge is -2.28. The quantitative estimate of drug-likeness (QED) is 0.798. The highest BCUT2D eigenvalue weighted by molar-refractivity contribution is 5.78. The van der Waals surface area contributed by atoms with E-state index in [1.807, 2.05) is 47.2 Å². The monoisotopic (exact) mass is 310 g/mol. The molecular weight excluding hydrogens is 292 g/mol. The van der Waals surface area contributed by atoms with Gasteiger partial charge in [-0.3, -0.25) is 0 Å². The fourth-order valence-corrected chi connectivity index (χ4v) is 2.95. The predicted octanol–water partition coefficient (Wildman–Crippen LogP) is 1.73. The maximum Gasteiger partial charge on any atom is 0.165 e. The summed E-state index contributed by atoms with van der Waals surface area (Å²) in [6.45, 7) is 3.20. The number of nitrogens with zero attached hydrogens (tertiary/aromatic N) is 4. The maximum absolute atomic E-state index is 9.33. The van der Waals surface area contributed by atoms with Crippen molar-refractivity contribution in [1.82, 2.24) is 14.6 Å². The summed E-state index contributed by atoms with van der Waals surface area (Å²) in [5.74, 6) is 1.03. The van der Waals surface area contributed by atoms with Crippen molar-refractivity contribution < 1.29 is 9.84 Å². The van der Waals surface area contributed by atoms with Crippen LogP contribution in [0.15, 0.2) is 42.7 Å². The molecule has 0 spiro atoms. The molecule has 1 aliphatic rings. The Morgan fingerprint density at radius 1 is 1.17 bits per heavy atom. The van der Waals surface area contributed by atoms with Crippen LogP contribution in [0.3, 0.4) is 0 Å². The molecule has 118 valence electrons. The van der Waals surface area contributed by atoms with Crippen LogP contribution >= 0.6 is 0 Å². The van der Waals surface area contributed by atoms with E-state index in [1.165, 1.54) is 0 Å². The maximum atomic E-state index is 9.33. The zero-order chi connectivity index (χ0) is 15.6. The van der Waals surface area contributed by atoms with Gasteiger partial charge >= 0.3 is 0 Å². The molecule has 1 aromatic carbocycles. The lowest BCUT2D eigenvalue weighted by atomic mass is 10.1. The molecule has 0 bridgehead atoms. The van der Waals surface area contributed by atoms with Crippen LogP contribution in [0.5, 0.6) is 0 Å². The van der Waals surface area contributed by atoms with Crippen LogP contribution in [0.1, 0.15) is 5.56 Å². The minimum absolute atomic E-state index is 0.0273. The van der Waals surface area contributed by atoms with Gasteiger partial charge in [-0.25, -0.2) is 4.98 Å². The van der Waals surface area contributed by atoms with Gasteiger partial charge in [0.1, 0.15) is 5.82 Å². The van der Waals surface area contributed by atoms with Crippen molar-refractivity contribution in [3.63, 3.8) is 0 Å². The molecule has 1 saturated heterocycles. The normalized spacial score (nSPS) is 15.3. The van der Waals surface area contributed by atoms with Crippen molar-refractivity contribution in [3.05, 3.63) is 48.3 Å². The van der Waals surface area contributed by atoms with Gasteiger partial charge in [-0.05, 0) is 23.3 Å². The van der Waals surface area contributed by atoms with Crippen LogP contribution in [0, 0.1) is 0 Å². The molecule has 0 saturated carbocycles. The zero-order valence-corrected chi connectivity index (χ0v) is 12.7. The first-order valence-electron chi connectivity index (χ1n) is 7.72. The summed E-state index contributed by atoms with van der Waals surface area (Å²) in [5, 5.41) is 13.9. The first-order chi connectivity index (χ1) is 11.4. The van der Waals surface area contributed by atoms with E-state index < -0.39 is 0 Å². The van der Waals surface area contributed by atoms with E-state index in [0.29, 0.717) is 0 Å². The van der Waals surface area contributed by atoms with E-state index in [1.54, 1.807) is 0 Å². The minimum atomic E-state index is 0.0273. The molecule has 0 unspecified atom stereocenters. The summed E-state index contributed by atoms with van der Waals surface area (Å²) in [6, 6.07) is 9.82. The molecular formula is C17H18N4O2. The third kappa shape index (κ3) is 2.56. The SMILES string of the molecule is OCc1cccc(-c2cnn3c(N4CCOCC4)ccnc23)c1. The predicted molar refractivity (Wildman–Crippen MR) is 87.4 cm³/mol. The number of aliphatic hydroxyl groups is 1. The van der Waals surface area contributed by atoms with E-state index in [9.17, 15) is 5.11 Å². The summed E-state index contributed by atoms with van der Waals surface area (Å²) in [7, 11) is 0. The first-order valence-corrected chi connectivity index (χ1v) is 7.72. The van der Waals surface area contributed by atoms with Gasteiger partial charge in [0.15, 0.2) is 5.65 Å². The lowest BCUT2D eigenvalue weighted by Crippen LogP contribution is -2.37. The Hall–Kier alpha value is -2.44. The highest BCUT2D eigenvalue weighted by atomic mass is 16.5. The number of rotatable bonds is 3. The second kappa shape index (κ2) is 5.98. The molecule has 0 radical (unpaired) electrons. The van der Waals surface area contributed by atoms with Gasteiger partial charge in [-0.1, -0.05) is 18.2 Å². The zero-order valence-electron chi connectivity index (χ0n) is 12.7. The Morgan fingerprint density at radius 3 is 2.87 bits per heavy atom. The van der Waals surface area contributed by atoms with Gasteiger partial charge in [-0.2, -0.15) is 9.61 Å². The Balaban J connectivity index is 1.80. The van der Waals surface area contributed by atoms with E-state index in [-0.39, 0.29) is 6.61 Å². The largest absolute Gasteiger partial charge is 0.392 e. The second-order valence-electron chi connectivity index (χ2n) is 5.55. The van der Waals surface area contributed by atoms with Crippen molar-refractivity contribution in [2.24, 2.45) is 0 Å². The average Bonchev–Trinajstić information content (AvgIpc) is 3.06. The third-order valence-corrected chi connectivity index (χ3v) is 4.14. The summed E-state index contributed by atoms with van der Waals surface area (Å²) >= 11 is 0. The van der Waals surface area contributed by atoms with Crippen LogP contribution in [0.4, 0.5) is 5.82 Å². The number of ether oxygens (including phenoxy) is 1. The summed E-state index contributed by atoms with van der Waals surface area (Å²) in [4.78, 5) is 6.77. The van der Waals surface area contributed by atoms with Crippen LogP contribution in [0.25, 0.3) is 16.8 Å². The number of aromatic nitrogens is 3. The van der Waals surface area contributed by atoms with Crippen molar-refractivity contribution in [1.29, 1.82) is 0 Å². The molecule has 2 aromatic heterocycles. The average molecular weight is 310 g/mol. The van der Waals surface area contributed by atoms with Gasteiger partial charge in [-0.15, -0.1) is 0 Å². The molecule has 0 amide bonds. The van der Waals surface area contributed by atoms with Gasteiger partial charge < -0.3 is 14.7 Å². The van der Waals surface area contributed by atoms with Gasteiger partial charge in [0, 0.05) is 24.8 Å². The summed E-state index contributed by atoms with van der Waals surface area (Å²) < 4.78 is 7.30. The smallest absolute Gasteiger partial charge is 0.165 e. The van der Waals surface area contributed by atoms with Crippen LogP contribution in [-0.2, 0) is 11.3 Å². The molecule has 1 fully saturated rings. The minimum Gasteiger partial charge on any atom is -0.392 e. The number of hydrogen-bond acceptors (Lipinski definition) is 5. The first kappa shape index (κ1) is 14.2. The molecule has 1 N–H and O–H groups in total. The van der Waals surface area contributed by atoms with E-state index in [0.717, 1.165) is 54.5 Å². The van der Waals surface area contributed by atoms with Crippen LogP contribution in [0.2, 0.25) is 0 Å². The van der Waals surface area contributed by atoms with E-state index in [2.05, 4.69) is 15.0 Å². The van der Waals surface area contributed by atoms with Crippen molar-refractivity contribution in [3.8, 4) is 11.1 Å². The molecule has 3 heterocycles. The Labute approximate surface area is 134 Å². The number of hydrogen-bond donors (Lipinski definition) is 1. The number of fused-ring (bicyclic) bond motifs is 1. The fourth-order valence-electron chi connectivity index (χ4n) is 2.95. The highest BCUT2D eigenvalue weighted by Crippen LogP contribution is 2.27. The number of benzene rings is 1. The van der Waals surface area contributed by atoms with Crippen LogP contribution in [-0.4, -0.2) is 46.0 Å². The van der Waals surface area contributed by atoms with Crippen molar-refractivity contribution >= 4 is 11.5 Å². The Bertz CT molecular complexity index is 824. The molecule has 23 heavy (non-hydrogen) atoms.